The monoisotopic (exact) mass is 421 g/mol. The molecule has 0 radical (unpaired) electrons. The lowest BCUT2D eigenvalue weighted by Gasteiger charge is -2.18. The lowest BCUT2D eigenvalue weighted by molar-refractivity contribution is -0.143. The highest BCUT2D eigenvalue weighted by Gasteiger charge is 2.14. The molecule has 8 heteroatoms. The van der Waals surface area contributed by atoms with Gasteiger partial charge in [0.15, 0.2) is 0 Å². The molecule has 0 bridgehead atoms. The van der Waals surface area contributed by atoms with Crippen LogP contribution in [0.2, 0.25) is 0 Å². The van der Waals surface area contributed by atoms with E-state index in [1.165, 1.54) is 24.3 Å². The Morgan fingerprint density at radius 3 is 2.23 bits per heavy atom. The molecule has 0 unspecified atom stereocenters. The summed E-state index contributed by atoms with van der Waals surface area (Å²) in [6.07, 6.45) is 12.0. The second kappa shape index (κ2) is 15.1. The SMILES string of the molecule is CN[C@H](/C=C/C=C/C=C/C=C/[C@H](O)COc1ccc(F)cc1)[C@H](O)COCC(=O)O. The largest absolute Gasteiger partial charge is 0.491 e. The standard InChI is InChI=1S/C22H28FNO6/c1-24-20(21(26)15-29-16-22(27)28)9-7-5-3-2-4-6-8-18(25)14-30-19-12-10-17(23)11-13-19/h2-13,18,20-21,24-26H,14-16H2,1H3,(H,27,28)/b4-2+,5-3+,8-6+,9-7+/t18-,20+,21+/m0/s1. The van der Waals surface area contributed by atoms with Gasteiger partial charge in [-0.25, -0.2) is 9.18 Å². The van der Waals surface area contributed by atoms with Gasteiger partial charge in [-0.15, -0.1) is 0 Å². The molecule has 164 valence electrons. The van der Waals surface area contributed by atoms with Crippen molar-refractivity contribution < 1.29 is 34.0 Å². The first-order valence-corrected chi connectivity index (χ1v) is 9.32. The molecule has 0 aliphatic carbocycles. The molecule has 1 rings (SSSR count). The fourth-order valence-electron chi connectivity index (χ4n) is 2.19. The number of likely N-dealkylation sites (N-methyl/N-ethyl adjacent to an activating group) is 1. The molecule has 0 fully saturated rings. The van der Waals surface area contributed by atoms with Crippen molar-refractivity contribution in [1.82, 2.24) is 5.32 Å². The summed E-state index contributed by atoms with van der Waals surface area (Å²) < 4.78 is 23.0. The van der Waals surface area contributed by atoms with Crippen LogP contribution in [0.25, 0.3) is 0 Å². The Kier molecular flexibility index (Phi) is 12.7. The second-order valence-corrected chi connectivity index (χ2v) is 6.16. The molecule has 3 atom stereocenters. The second-order valence-electron chi connectivity index (χ2n) is 6.16. The molecule has 30 heavy (non-hydrogen) atoms. The quantitative estimate of drug-likeness (QED) is 0.340. The molecule has 0 aromatic heterocycles. The normalized spacial score (nSPS) is 15.3. The zero-order valence-electron chi connectivity index (χ0n) is 16.7. The molecule has 0 heterocycles. The van der Waals surface area contributed by atoms with E-state index in [0.717, 1.165) is 0 Å². The lowest BCUT2D eigenvalue weighted by atomic mass is 10.1. The van der Waals surface area contributed by atoms with E-state index in [4.69, 9.17) is 14.6 Å². The van der Waals surface area contributed by atoms with Crippen LogP contribution in [0, 0.1) is 5.82 Å². The van der Waals surface area contributed by atoms with Crippen molar-refractivity contribution in [3.05, 3.63) is 78.7 Å². The fourth-order valence-corrected chi connectivity index (χ4v) is 2.19. The van der Waals surface area contributed by atoms with Crippen molar-refractivity contribution in [2.24, 2.45) is 0 Å². The van der Waals surface area contributed by atoms with Gasteiger partial charge in [0.05, 0.1) is 18.8 Å². The van der Waals surface area contributed by atoms with E-state index in [1.54, 1.807) is 55.7 Å². The summed E-state index contributed by atoms with van der Waals surface area (Å²) in [5.41, 5.74) is 0. The average molecular weight is 421 g/mol. The Bertz CT molecular complexity index is 730. The molecule has 7 nitrogen and oxygen atoms in total. The maximum atomic E-state index is 12.8. The van der Waals surface area contributed by atoms with E-state index in [2.05, 4.69) is 5.32 Å². The Morgan fingerprint density at radius 1 is 1.03 bits per heavy atom. The number of carboxylic acid groups (broad SMARTS) is 1. The zero-order valence-corrected chi connectivity index (χ0v) is 16.7. The van der Waals surface area contributed by atoms with Crippen molar-refractivity contribution in [1.29, 1.82) is 0 Å². The number of aliphatic hydroxyl groups is 2. The van der Waals surface area contributed by atoms with Crippen molar-refractivity contribution >= 4 is 5.97 Å². The molecule has 0 saturated heterocycles. The van der Waals surface area contributed by atoms with Gasteiger partial charge in [-0.1, -0.05) is 48.6 Å². The van der Waals surface area contributed by atoms with Crippen LogP contribution in [0.15, 0.2) is 72.9 Å². The highest BCUT2D eigenvalue weighted by atomic mass is 19.1. The maximum Gasteiger partial charge on any atom is 0.329 e. The Morgan fingerprint density at radius 2 is 1.63 bits per heavy atom. The smallest absolute Gasteiger partial charge is 0.329 e. The number of hydrogen-bond donors (Lipinski definition) is 4. The molecule has 0 aliphatic rings. The van der Waals surface area contributed by atoms with Crippen molar-refractivity contribution in [2.75, 3.05) is 26.9 Å². The summed E-state index contributed by atoms with van der Waals surface area (Å²) in [5.74, 6) is -0.957. The van der Waals surface area contributed by atoms with Gasteiger partial charge < -0.3 is 30.1 Å². The summed E-state index contributed by atoms with van der Waals surface area (Å²) in [6.45, 7) is -0.495. The van der Waals surface area contributed by atoms with Crippen LogP contribution in [0.5, 0.6) is 5.75 Å². The van der Waals surface area contributed by atoms with Crippen molar-refractivity contribution in [3.8, 4) is 5.75 Å². The van der Waals surface area contributed by atoms with E-state index in [-0.39, 0.29) is 25.1 Å². The molecular formula is C22H28FNO6. The summed E-state index contributed by atoms with van der Waals surface area (Å²) in [7, 11) is 1.68. The van der Waals surface area contributed by atoms with Crippen LogP contribution in [0.3, 0.4) is 0 Å². The Balaban J connectivity index is 2.30. The van der Waals surface area contributed by atoms with E-state index in [1.807, 2.05) is 0 Å². The van der Waals surface area contributed by atoms with Gasteiger partial charge in [0.25, 0.3) is 0 Å². The number of aliphatic carboxylic acids is 1. The number of halogens is 1. The number of benzene rings is 1. The molecule has 4 N–H and O–H groups in total. The van der Waals surface area contributed by atoms with E-state index >= 15 is 0 Å². The maximum absolute atomic E-state index is 12.8. The van der Waals surface area contributed by atoms with Crippen LogP contribution < -0.4 is 10.1 Å². The van der Waals surface area contributed by atoms with Crippen molar-refractivity contribution in [3.63, 3.8) is 0 Å². The number of ether oxygens (including phenoxy) is 2. The molecule has 0 amide bonds. The summed E-state index contributed by atoms with van der Waals surface area (Å²) >= 11 is 0. The highest BCUT2D eigenvalue weighted by molar-refractivity contribution is 5.67. The van der Waals surface area contributed by atoms with Gasteiger partial charge in [0.2, 0.25) is 0 Å². The van der Waals surface area contributed by atoms with Gasteiger partial charge in [-0.3, -0.25) is 0 Å². The molecule has 0 spiro atoms. The minimum Gasteiger partial charge on any atom is -0.491 e. The van der Waals surface area contributed by atoms with Crippen LogP contribution in [-0.2, 0) is 9.53 Å². The van der Waals surface area contributed by atoms with E-state index in [0.29, 0.717) is 5.75 Å². The molecule has 0 aliphatic heterocycles. The van der Waals surface area contributed by atoms with Gasteiger partial charge in [-0.05, 0) is 31.3 Å². The van der Waals surface area contributed by atoms with Gasteiger partial charge in [-0.2, -0.15) is 0 Å². The van der Waals surface area contributed by atoms with E-state index < -0.39 is 24.8 Å². The minimum atomic E-state index is -1.09. The van der Waals surface area contributed by atoms with E-state index in [9.17, 15) is 19.4 Å². The number of rotatable bonds is 14. The number of allylic oxidation sites excluding steroid dienone is 6. The lowest BCUT2D eigenvalue weighted by Crippen LogP contribution is -2.39. The Labute approximate surface area is 175 Å². The first kappa shape index (κ1) is 25.3. The number of aliphatic hydroxyl groups excluding tert-OH is 2. The average Bonchev–Trinajstić information content (AvgIpc) is 2.72. The molecule has 1 aromatic carbocycles. The number of hydrogen-bond acceptors (Lipinski definition) is 6. The minimum absolute atomic E-state index is 0.0540. The molecule has 1 aromatic rings. The summed E-state index contributed by atoms with van der Waals surface area (Å²) in [6, 6.07) is 5.17. The first-order chi connectivity index (χ1) is 14.4. The third kappa shape index (κ3) is 11.9. The van der Waals surface area contributed by atoms with Crippen LogP contribution in [-0.4, -0.2) is 66.4 Å². The van der Waals surface area contributed by atoms with Gasteiger partial charge in [0.1, 0.15) is 30.9 Å². The first-order valence-electron chi connectivity index (χ1n) is 9.32. The van der Waals surface area contributed by atoms with Gasteiger partial charge in [0, 0.05) is 0 Å². The van der Waals surface area contributed by atoms with Crippen molar-refractivity contribution in [2.45, 2.75) is 18.2 Å². The predicted molar refractivity (Wildman–Crippen MR) is 112 cm³/mol. The van der Waals surface area contributed by atoms with Crippen LogP contribution >= 0.6 is 0 Å². The predicted octanol–water partition coefficient (Wildman–Crippen LogP) is 1.84. The molecule has 0 saturated carbocycles. The third-order valence-electron chi connectivity index (χ3n) is 3.70. The third-order valence-corrected chi connectivity index (χ3v) is 3.70. The van der Waals surface area contributed by atoms with Gasteiger partial charge >= 0.3 is 5.97 Å². The van der Waals surface area contributed by atoms with Crippen LogP contribution in [0.4, 0.5) is 4.39 Å². The fraction of sp³-hybridized carbons (Fsp3) is 0.318. The van der Waals surface area contributed by atoms with Crippen LogP contribution in [0.1, 0.15) is 0 Å². The summed E-state index contributed by atoms with van der Waals surface area (Å²) in [5, 5.41) is 31.2. The number of carboxylic acids is 1. The topological polar surface area (TPSA) is 108 Å². The summed E-state index contributed by atoms with van der Waals surface area (Å²) in [4.78, 5) is 10.4. The number of carbonyl (C=O) groups is 1. The molecular weight excluding hydrogens is 393 g/mol. The zero-order chi connectivity index (χ0) is 22.2. The highest BCUT2D eigenvalue weighted by Crippen LogP contribution is 2.11. The number of nitrogens with one attached hydrogen (secondary N) is 1. The Hall–Kier alpha value is -2.78.